The Morgan fingerprint density at radius 2 is 2.25 bits per heavy atom. The SMILES string of the molecule is NNC(=O)c1cc(N)n(-c2ccccn2)n1. The minimum atomic E-state index is -0.499. The number of hydrogen-bond acceptors (Lipinski definition) is 5. The number of anilines is 1. The van der Waals surface area contributed by atoms with Crippen LogP contribution in [0.2, 0.25) is 0 Å². The van der Waals surface area contributed by atoms with E-state index in [1.807, 2.05) is 5.43 Å². The molecule has 0 aliphatic heterocycles. The smallest absolute Gasteiger partial charge is 0.285 e. The van der Waals surface area contributed by atoms with E-state index in [4.69, 9.17) is 11.6 Å². The van der Waals surface area contributed by atoms with Crippen molar-refractivity contribution in [3.05, 3.63) is 36.2 Å². The molecule has 0 radical (unpaired) electrons. The van der Waals surface area contributed by atoms with Crippen LogP contribution in [0.5, 0.6) is 0 Å². The summed E-state index contributed by atoms with van der Waals surface area (Å²) < 4.78 is 1.37. The van der Waals surface area contributed by atoms with Gasteiger partial charge in [0.15, 0.2) is 11.5 Å². The average Bonchev–Trinajstić information content (AvgIpc) is 2.71. The first-order valence-corrected chi connectivity index (χ1v) is 4.50. The molecular weight excluding hydrogens is 208 g/mol. The van der Waals surface area contributed by atoms with E-state index in [9.17, 15) is 4.79 Å². The molecule has 1 amide bonds. The van der Waals surface area contributed by atoms with Crippen molar-refractivity contribution in [2.45, 2.75) is 0 Å². The first kappa shape index (κ1) is 10.1. The van der Waals surface area contributed by atoms with Crippen molar-refractivity contribution >= 4 is 11.7 Å². The van der Waals surface area contributed by atoms with E-state index in [0.29, 0.717) is 11.6 Å². The summed E-state index contributed by atoms with van der Waals surface area (Å²) >= 11 is 0. The first-order chi connectivity index (χ1) is 7.72. The predicted octanol–water partition coefficient (Wildman–Crippen LogP) is -0.547. The maximum atomic E-state index is 11.2. The molecule has 0 saturated heterocycles. The van der Waals surface area contributed by atoms with Crippen LogP contribution in [0.25, 0.3) is 5.82 Å². The summed E-state index contributed by atoms with van der Waals surface area (Å²) in [7, 11) is 0. The Hall–Kier alpha value is -2.41. The number of rotatable bonds is 2. The maximum Gasteiger partial charge on any atom is 0.285 e. The van der Waals surface area contributed by atoms with Gasteiger partial charge in [-0.25, -0.2) is 10.8 Å². The number of hydrogen-bond donors (Lipinski definition) is 3. The van der Waals surface area contributed by atoms with Gasteiger partial charge in [-0.1, -0.05) is 6.07 Å². The fraction of sp³-hybridized carbons (Fsp3) is 0. The van der Waals surface area contributed by atoms with E-state index in [-0.39, 0.29) is 5.69 Å². The normalized spacial score (nSPS) is 10.1. The number of pyridine rings is 1. The number of carbonyl (C=O) groups is 1. The van der Waals surface area contributed by atoms with E-state index in [1.54, 1.807) is 24.4 Å². The molecule has 2 heterocycles. The Morgan fingerprint density at radius 3 is 2.88 bits per heavy atom. The third kappa shape index (κ3) is 1.71. The zero-order valence-electron chi connectivity index (χ0n) is 8.29. The van der Waals surface area contributed by atoms with Crippen molar-refractivity contribution in [1.82, 2.24) is 20.2 Å². The van der Waals surface area contributed by atoms with Crippen molar-refractivity contribution in [1.29, 1.82) is 0 Å². The molecule has 0 atom stereocenters. The topological polar surface area (TPSA) is 112 Å². The largest absolute Gasteiger partial charge is 0.384 e. The monoisotopic (exact) mass is 218 g/mol. The first-order valence-electron chi connectivity index (χ1n) is 4.50. The van der Waals surface area contributed by atoms with Gasteiger partial charge < -0.3 is 5.73 Å². The predicted molar refractivity (Wildman–Crippen MR) is 57.4 cm³/mol. The van der Waals surface area contributed by atoms with Crippen LogP contribution in [-0.2, 0) is 0 Å². The summed E-state index contributed by atoms with van der Waals surface area (Å²) in [5, 5.41) is 3.99. The molecule has 0 fully saturated rings. The van der Waals surface area contributed by atoms with Gasteiger partial charge in [0, 0.05) is 12.3 Å². The van der Waals surface area contributed by atoms with Gasteiger partial charge in [0.1, 0.15) is 5.82 Å². The second-order valence-corrected chi connectivity index (χ2v) is 3.03. The summed E-state index contributed by atoms with van der Waals surface area (Å²) in [4.78, 5) is 15.3. The highest BCUT2D eigenvalue weighted by molar-refractivity contribution is 5.92. The Labute approximate surface area is 91.0 Å². The van der Waals surface area contributed by atoms with Gasteiger partial charge >= 0.3 is 0 Å². The van der Waals surface area contributed by atoms with Crippen LogP contribution in [-0.4, -0.2) is 20.7 Å². The van der Waals surface area contributed by atoms with E-state index >= 15 is 0 Å². The Morgan fingerprint density at radius 1 is 1.44 bits per heavy atom. The molecule has 0 aliphatic carbocycles. The summed E-state index contributed by atoms with van der Waals surface area (Å²) in [5.41, 5.74) is 7.83. The van der Waals surface area contributed by atoms with Crippen LogP contribution < -0.4 is 17.0 Å². The summed E-state index contributed by atoms with van der Waals surface area (Å²) in [6, 6.07) is 6.73. The van der Waals surface area contributed by atoms with E-state index in [2.05, 4.69) is 10.1 Å². The Bertz CT molecular complexity index is 506. The van der Waals surface area contributed by atoms with Crippen molar-refractivity contribution < 1.29 is 4.79 Å². The summed E-state index contributed by atoms with van der Waals surface area (Å²) in [6.07, 6.45) is 1.61. The minimum absolute atomic E-state index is 0.144. The number of aromatic nitrogens is 3. The standard InChI is InChI=1S/C9H10N6O/c10-7-5-6(9(16)13-11)14-15(7)8-3-1-2-4-12-8/h1-5H,10-11H2,(H,13,16). The average molecular weight is 218 g/mol. The number of amides is 1. The van der Waals surface area contributed by atoms with Crippen molar-refractivity contribution in [3.63, 3.8) is 0 Å². The van der Waals surface area contributed by atoms with Gasteiger partial charge in [-0.3, -0.25) is 10.2 Å². The molecule has 0 aromatic carbocycles. The summed E-state index contributed by atoms with van der Waals surface area (Å²) in [5.74, 6) is 5.35. The van der Waals surface area contributed by atoms with E-state index < -0.39 is 5.91 Å². The van der Waals surface area contributed by atoms with Crippen LogP contribution in [0.15, 0.2) is 30.5 Å². The van der Waals surface area contributed by atoms with Gasteiger partial charge in [-0.2, -0.15) is 9.78 Å². The van der Waals surface area contributed by atoms with Gasteiger partial charge in [0.2, 0.25) is 0 Å². The highest BCUT2D eigenvalue weighted by Crippen LogP contribution is 2.11. The zero-order chi connectivity index (χ0) is 11.5. The Kier molecular flexibility index (Phi) is 2.52. The third-order valence-electron chi connectivity index (χ3n) is 1.97. The molecule has 2 aromatic heterocycles. The van der Waals surface area contributed by atoms with Gasteiger partial charge in [-0.05, 0) is 12.1 Å². The fourth-order valence-electron chi connectivity index (χ4n) is 1.24. The molecule has 0 aliphatic rings. The van der Waals surface area contributed by atoms with Crippen molar-refractivity contribution in [2.24, 2.45) is 5.84 Å². The fourth-order valence-corrected chi connectivity index (χ4v) is 1.24. The van der Waals surface area contributed by atoms with Crippen LogP contribution in [0.1, 0.15) is 10.5 Å². The lowest BCUT2D eigenvalue weighted by atomic mass is 10.4. The van der Waals surface area contributed by atoms with Gasteiger partial charge in [0.05, 0.1) is 0 Å². The quantitative estimate of drug-likeness (QED) is 0.356. The molecule has 2 rings (SSSR count). The number of nitrogens with zero attached hydrogens (tertiary/aromatic N) is 3. The van der Waals surface area contributed by atoms with Crippen molar-refractivity contribution in [3.8, 4) is 5.82 Å². The maximum absolute atomic E-state index is 11.2. The second-order valence-electron chi connectivity index (χ2n) is 3.03. The lowest BCUT2D eigenvalue weighted by molar-refractivity contribution is 0.0948. The highest BCUT2D eigenvalue weighted by atomic mass is 16.2. The third-order valence-corrected chi connectivity index (χ3v) is 1.97. The van der Waals surface area contributed by atoms with Crippen LogP contribution in [0.4, 0.5) is 5.82 Å². The van der Waals surface area contributed by atoms with Crippen LogP contribution in [0, 0.1) is 0 Å². The molecular formula is C9H10N6O. The number of hydrazine groups is 1. The highest BCUT2D eigenvalue weighted by Gasteiger charge is 2.12. The zero-order valence-corrected chi connectivity index (χ0v) is 8.29. The molecule has 7 nitrogen and oxygen atoms in total. The second kappa shape index (κ2) is 3.99. The van der Waals surface area contributed by atoms with Crippen molar-refractivity contribution in [2.75, 3.05) is 5.73 Å². The lowest BCUT2D eigenvalue weighted by Crippen LogP contribution is -2.30. The molecule has 7 heteroatoms. The molecule has 0 unspecified atom stereocenters. The van der Waals surface area contributed by atoms with Crippen LogP contribution in [0.3, 0.4) is 0 Å². The molecule has 0 bridgehead atoms. The number of nitrogens with two attached hydrogens (primary N) is 2. The molecule has 5 N–H and O–H groups in total. The molecule has 16 heavy (non-hydrogen) atoms. The summed E-state index contributed by atoms with van der Waals surface area (Å²) in [6.45, 7) is 0. The minimum Gasteiger partial charge on any atom is -0.384 e. The lowest BCUT2D eigenvalue weighted by Gasteiger charge is -2.00. The number of nitrogens with one attached hydrogen (secondary N) is 1. The molecule has 0 saturated carbocycles. The van der Waals surface area contributed by atoms with Gasteiger partial charge in [0.25, 0.3) is 5.91 Å². The van der Waals surface area contributed by atoms with Crippen LogP contribution >= 0.6 is 0 Å². The number of nitrogen functional groups attached to an aromatic ring is 2. The van der Waals surface area contributed by atoms with E-state index in [0.717, 1.165) is 0 Å². The number of carbonyl (C=O) groups excluding carboxylic acids is 1. The molecule has 2 aromatic rings. The Balaban J connectivity index is 2.44. The molecule has 82 valence electrons. The van der Waals surface area contributed by atoms with E-state index in [1.165, 1.54) is 10.7 Å². The molecule has 0 spiro atoms. The van der Waals surface area contributed by atoms with Gasteiger partial charge in [-0.15, -0.1) is 0 Å².